The number of carbonyl (C=O) groups excluding carboxylic acids is 4. The number of thioether (sulfide) groups is 1. The normalized spacial score (nSPS) is 14.0. The van der Waals surface area contributed by atoms with Gasteiger partial charge in [-0.25, -0.2) is 4.68 Å². The largest absolute Gasteiger partial charge is 0.507 e. The van der Waals surface area contributed by atoms with Crippen LogP contribution < -0.4 is 36.1 Å². The summed E-state index contributed by atoms with van der Waals surface area (Å²) in [5, 5.41) is 49.0. The molecule has 0 bridgehead atoms. The number of tetrazole rings is 1. The van der Waals surface area contributed by atoms with Crippen LogP contribution in [-0.4, -0.2) is 104 Å². The summed E-state index contributed by atoms with van der Waals surface area (Å²) in [5.74, 6) is -1.64. The Bertz CT molecular complexity index is 2030. The molecule has 7 N–H and O–H groups in total. The molecule has 4 rings (SSSR count). The molecule has 0 aliphatic rings. The molecular weight excluding hydrogens is 791 g/mol. The second-order valence-electron chi connectivity index (χ2n) is 15.7. The lowest BCUT2D eigenvalue weighted by molar-refractivity contribution is -0.134. The van der Waals surface area contributed by atoms with Gasteiger partial charge in [-0.2, -0.15) is 0 Å². The molecule has 1 aromatic heterocycles. The highest BCUT2D eigenvalue weighted by Gasteiger charge is 2.39. The molecule has 60 heavy (non-hydrogen) atoms. The maximum absolute atomic E-state index is 14.4. The van der Waals surface area contributed by atoms with Gasteiger partial charge < -0.3 is 41.0 Å². The minimum absolute atomic E-state index is 0.0255. The third-order valence-electron chi connectivity index (χ3n) is 9.69. The van der Waals surface area contributed by atoms with Crippen LogP contribution in [0.15, 0.2) is 78.0 Å². The van der Waals surface area contributed by atoms with Crippen LogP contribution in [0.3, 0.4) is 0 Å². The Kier molecular flexibility index (Phi) is 17.3. The van der Waals surface area contributed by atoms with Crippen molar-refractivity contribution in [3.8, 4) is 17.2 Å². The Morgan fingerprint density at radius 1 is 0.817 bits per heavy atom. The standard InChI is InChI=1S/C42H57N9O8S/c1-25(2)34(38(55)44-23-28-16-19-30(59-8)21-32(28)52)47-39(56)35(43-22-27-14-17-29(58-7)18-15-27)36(54)31(20-26-12-10-9-11-13-26)45-40(57)37(42(3,4)5)46-33(53)24-60-41-48-49-50-51(41)6/h9-19,21,25,31,34-37,43,52,54H,20,22-24H2,1-8H3,(H,44,55)(H,45,57)(H,46,53)(H,47,56)/t31-,34-,35+,36+,37+/m0/s1. The van der Waals surface area contributed by atoms with E-state index in [0.717, 1.165) is 22.9 Å². The van der Waals surface area contributed by atoms with E-state index >= 15 is 0 Å². The van der Waals surface area contributed by atoms with Gasteiger partial charge in [-0.1, -0.05) is 88.8 Å². The SMILES string of the molecule is COc1ccc(CN[C@@H](C(=O)N[C@H](C(=O)NCc2ccc(OC)cc2O)C(C)C)[C@H](O)[C@H](Cc2ccccc2)NC(=O)[C@@H](NC(=O)CSc2nnnn2C)C(C)(C)C)cc1. The van der Waals surface area contributed by atoms with Gasteiger partial charge in [0.25, 0.3) is 0 Å². The van der Waals surface area contributed by atoms with Gasteiger partial charge in [-0.05, 0) is 63.6 Å². The molecule has 0 fully saturated rings. The number of amides is 4. The molecule has 0 saturated heterocycles. The van der Waals surface area contributed by atoms with Crippen molar-refractivity contribution in [2.24, 2.45) is 18.4 Å². The Morgan fingerprint density at radius 2 is 1.48 bits per heavy atom. The fourth-order valence-corrected chi connectivity index (χ4v) is 6.87. The molecule has 0 aliphatic carbocycles. The summed E-state index contributed by atoms with van der Waals surface area (Å²) in [6.07, 6.45) is -1.45. The first-order valence-corrected chi connectivity index (χ1v) is 20.5. The number of hydrogen-bond donors (Lipinski definition) is 7. The summed E-state index contributed by atoms with van der Waals surface area (Å²) >= 11 is 1.11. The van der Waals surface area contributed by atoms with E-state index in [9.17, 15) is 29.4 Å². The zero-order chi connectivity index (χ0) is 44.0. The Hall–Kier alpha value is -5.72. The molecule has 5 atom stereocenters. The molecule has 0 saturated carbocycles. The molecule has 0 unspecified atom stereocenters. The number of benzene rings is 3. The number of nitrogens with zero attached hydrogens (tertiary/aromatic N) is 4. The summed E-state index contributed by atoms with van der Waals surface area (Å²) in [7, 11) is 4.68. The zero-order valence-corrected chi connectivity index (χ0v) is 36.1. The number of phenolic OH excluding ortho intramolecular Hbond substituents is 1. The number of aryl methyl sites for hydroxylation is 1. The van der Waals surface area contributed by atoms with Crippen LogP contribution in [0.5, 0.6) is 17.2 Å². The number of aliphatic hydroxyl groups excluding tert-OH is 1. The van der Waals surface area contributed by atoms with Crippen LogP contribution in [0.1, 0.15) is 51.3 Å². The average Bonchev–Trinajstić information content (AvgIpc) is 3.64. The van der Waals surface area contributed by atoms with Crippen LogP contribution in [0.2, 0.25) is 0 Å². The van der Waals surface area contributed by atoms with Crippen molar-refractivity contribution in [1.82, 2.24) is 46.8 Å². The monoisotopic (exact) mass is 847 g/mol. The lowest BCUT2D eigenvalue weighted by Gasteiger charge is -2.35. The number of rotatable bonds is 21. The van der Waals surface area contributed by atoms with Gasteiger partial charge in [-0.3, -0.25) is 24.5 Å². The predicted molar refractivity (Wildman–Crippen MR) is 226 cm³/mol. The molecule has 17 nitrogen and oxygen atoms in total. The number of phenols is 1. The lowest BCUT2D eigenvalue weighted by atomic mass is 9.85. The summed E-state index contributed by atoms with van der Waals surface area (Å²) < 4.78 is 11.9. The van der Waals surface area contributed by atoms with Crippen LogP contribution >= 0.6 is 11.8 Å². The van der Waals surface area contributed by atoms with Crippen molar-refractivity contribution < 1.29 is 38.9 Å². The summed E-state index contributed by atoms with van der Waals surface area (Å²) in [6, 6.07) is 16.5. The van der Waals surface area contributed by atoms with Crippen molar-refractivity contribution in [2.45, 2.75) is 89.6 Å². The van der Waals surface area contributed by atoms with Crippen molar-refractivity contribution in [3.05, 3.63) is 89.5 Å². The molecule has 324 valence electrons. The van der Waals surface area contributed by atoms with Gasteiger partial charge in [0, 0.05) is 31.8 Å². The first-order chi connectivity index (χ1) is 28.5. The first kappa shape index (κ1) is 47.0. The highest BCUT2D eigenvalue weighted by atomic mass is 32.2. The minimum Gasteiger partial charge on any atom is -0.507 e. The number of aromatic nitrogens is 4. The van der Waals surface area contributed by atoms with Gasteiger partial charge in [0.05, 0.1) is 32.1 Å². The van der Waals surface area contributed by atoms with E-state index < -0.39 is 65.2 Å². The van der Waals surface area contributed by atoms with Gasteiger partial charge >= 0.3 is 0 Å². The number of carbonyl (C=O) groups is 4. The number of methoxy groups -OCH3 is 2. The van der Waals surface area contributed by atoms with Crippen molar-refractivity contribution >= 4 is 35.4 Å². The lowest BCUT2D eigenvalue weighted by Crippen LogP contribution is -2.64. The van der Waals surface area contributed by atoms with Crippen molar-refractivity contribution in [2.75, 3.05) is 20.0 Å². The number of aromatic hydroxyl groups is 1. The average molecular weight is 848 g/mol. The fraction of sp³-hybridized carbons (Fsp3) is 0.452. The molecule has 0 radical (unpaired) electrons. The van der Waals surface area contributed by atoms with Gasteiger partial charge in [0.2, 0.25) is 28.8 Å². The van der Waals surface area contributed by atoms with Crippen LogP contribution in [-0.2, 0) is 45.7 Å². The molecular formula is C42H57N9O8S. The maximum Gasteiger partial charge on any atom is 0.243 e. The third kappa shape index (κ3) is 13.7. The van der Waals surface area contributed by atoms with Crippen LogP contribution in [0.4, 0.5) is 0 Å². The highest BCUT2D eigenvalue weighted by molar-refractivity contribution is 7.99. The Labute approximate surface area is 354 Å². The molecule has 3 aromatic carbocycles. The Balaban J connectivity index is 1.61. The highest BCUT2D eigenvalue weighted by Crippen LogP contribution is 2.24. The van der Waals surface area contributed by atoms with E-state index in [1.165, 1.54) is 17.9 Å². The second-order valence-corrected chi connectivity index (χ2v) is 16.6. The second kappa shape index (κ2) is 22.0. The quantitative estimate of drug-likeness (QED) is 0.0598. The molecule has 1 heterocycles. The van der Waals surface area contributed by atoms with E-state index in [1.807, 2.05) is 42.5 Å². The Morgan fingerprint density at radius 3 is 2.07 bits per heavy atom. The van der Waals surface area contributed by atoms with E-state index in [2.05, 4.69) is 42.1 Å². The third-order valence-corrected chi connectivity index (χ3v) is 10.7. The van der Waals surface area contributed by atoms with Crippen LogP contribution in [0, 0.1) is 11.3 Å². The summed E-state index contributed by atoms with van der Waals surface area (Å²) in [4.78, 5) is 55.5. The number of hydrogen-bond acceptors (Lipinski definition) is 13. The molecule has 4 aromatic rings. The molecule has 0 spiro atoms. The van der Waals surface area contributed by atoms with Gasteiger partial charge in [0.15, 0.2) is 0 Å². The van der Waals surface area contributed by atoms with Crippen molar-refractivity contribution in [3.63, 3.8) is 0 Å². The van der Waals surface area contributed by atoms with E-state index in [1.54, 1.807) is 73.0 Å². The minimum atomic E-state index is -1.56. The first-order valence-electron chi connectivity index (χ1n) is 19.5. The van der Waals surface area contributed by atoms with E-state index in [-0.39, 0.29) is 31.0 Å². The zero-order valence-electron chi connectivity index (χ0n) is 35.3. The van der Waals surface area contributed by atoms with E-state index in [0.29, 0.717) is 22.2 Å². The van der Waals surface area contributed by atoms with Gasteiger partial charge in [-0.15, -0.1) is 5.10 Å². The predicted octanol–water partition coefficient (Wildman–Crippen LogP) is 2.26. The van der Waals surface area contributed by atoms with Crippen molar-refractivity contribution in [1.29, 1.82) is 0 Å². The summed E-state index contributed by atoms with van der Waals surface area (Å²) in [6.45, 7) is 9.06. The maximum atomic E-state index is 14.4. The van der Waals surface area contributed by atoms with E-state index in [4.69, 9.17) is 9.47 Å². The van der Waals surface area contributed by atoms with Crippen LogP contribution in [0.25, 0.3) is 0 Å². The molecule has 18 heteroatoms. The number of ether oxygens (including phenoxy) is 2. The fourth-order valence-electron chi connectivity index (χ4n) is 6.21. The molecule has 0 aliphatic heterocycles. The van der Waals surface area contributed by atoms with Gasteiger partial charge in [0.1, 0.15) is 35.4 Å². The smallest absolute Gasteiger partial charge is 0.243 e. The number of nitrogens with one attached hydrogen (secondary N) is 5. The topological polar surface area (TPSA) is 231 Å². The number of aliphatic hydroxyl groups is 1. The molecule has 4 amide bonds. The summed E-state index contributed by atoms with van der Waals surface area (Å²) in [5.41, 5.74) is 1.20.